The minimum Gasteiger partial charge on any atom is -0.324 e. The number of hydrogen-bond donors (Lipinski definition) is 2. The second-order valence-electron chi connectivity index (χ2n) is 3.24. The Balaban J connectivity index is 1.99. The van der Waals surface area contributed by atoms with E-state index >= 15 is 0 Å². The monoisotopic (exact) mass is 195 g/mol. The van der Waals surface area contributed by atoms with Crippen molar-refractivity contribution in [1.82, 2.24) is 10.3 Å². The van der Waals surface area contributed by atoms with E-state index in [1.54, 1.807) is 0 Å². The molecule has 5 heteroatoms. The highest BCUT2D eigenvalue weighted by Crippen LogP contribution is 2.10. The highest BCUT2D eigenvalue weighted by molar-refractivity contribution is 5.93. The summed E-state index contributed by atoms with van der Waals surface area (Å²) < 4.78 is 12.7. The topological polar surface area (TPSA) is 54.0 Å². The number of carbonyl (C=O) groups excluding carboxylic acids is 1. The third-order valence-electron chi connectivity index (χ3n) is 2.12. The minimum absolute atomic E-state index is 0.00160. The van der Waals surface area contributed by atoms with Gasteiger partial charge in [-0.3, -0.25) is 9.78 Å². The minimum atomic E-state index is -0.450. The first-order chi connectivity index (χ1) is 6.75. The van der Waals surface area contributed by atoms with Crippen LogP contribution in [0.3, 0.4) is 0 Å². The Bertz CT molecular complexity index is 352. The summed E-state index contributed by atoms with van der Waals surface area (Å²) in [5.41, 5.74) is 0.405. The number of hydrogen-bond acceptors (Lipinski definition) is 3. The molecule has 14 heavy (non-hydrogen) atoms. The second-order valence-corrected chi connectivity index (χ2v) is 3.24. The number of rotatable bonds is 2. The molecule has 0 atom stereocenters. The zero-order valence-electron chi connectivity index (χ0n) is 7.46. The lowest BCUT2D eigenvalue weighted by atomic mass is 10.0. The second kappa shape index (κ2) is 3.71. The molecule has 2 N–H and O–H groups in total. The van der Waals surface area contributed by atoms with Gasteiger partial charge in [0, 0.05) is 19.2 Å². The van der Waals surface area contributed by atoms with Crippen LogP contribution in [-0.4, -0.2) is 24.0 Å². The number of pyridine rings is 1. The SMILES string of the molecule is O=C(Nc1cncc(F)c1)C1CNC1. The molecule has 0 spiro atoms. The molecule has 0 saturated carbocycles. The first-order valence-electron chi connectivity index (χ1n) is 4.38. The maximum atomic E-state index is 12.7. The van der Waals surface area contributed by atoms with E-state index in [-0.39, 0.29) is 11.8 Å². The van der Waals surface area contributed by atoms with Crippen LogP contribution in [0.1, 0.15) is 0 Å². The number of aromatic nitrogens is 1. The molecule has 0 radical (unpaired) electrons. The molecule has 1 amide bonds. The van der Waals surface area contributed by atoms with Crippen molar-refractivity contribution in [2.45, 2.75) is 0 Å². The molecule has 0 aromatic carbocycles. The van der Waals surface area contributed by atoms with Gasteiger partial charge in [-0.2, -0.15) is 0 Å². The van der Waals surface area contributed by atoms with Crippen LogP contribution in [-0.2, 0) is 4.79 Å². The summed E-state index contributed by atoms with van der Waals surface area (Å²) in [6.07, 6.45) is 2.52. The fourth-order valence-electron chi connectivity index (χ4n) is 1.20. The molecule has 2 heterocycles. The molecule has 0 aliphatic carbocycles. The van der Waals surface area contributed by atoms with Crippen LogP contribution in [0.4, 0.5) is 10.1 Å². The van der Waals surface area contributed by atoms with Crippen LogP contribution in [0, 0.1) is 11.7 Å². The summed E-state index contributed by atoms with van der Waals surface area (Å²) in [5.74, 6) is -0.538. The Morgan fingerprint density at radius 1 is 1.57 bits per heavy atom. The molecule has 1 aromatic heterocycles. The molecule has 2 rings (SSSR count). The summed E-state index contributed by atoms with van der Waals surface area (Å²) in [6.45, 7) is 1.38. The van der Waals surface area contributed by atoms with Crippen molar-refractivity contribution in [3.63, 3.8) is 0 Å². The third kappa shape index (κ3) is 1.88. The van der Waals surface area contributed by atoms with Crippen molar-refractivity contribution in [2.24, 2.45) is 5.92 Å². The van der Waals surface area contributed by atoms with Crippen molar-refractivity contribution in [2.75, 3.05) is 18.4 Å². The number of carbonyl (C=O) groups is 1. The molecule has 1 saturated heterocycles. The van der Waals surface area contributed by atoms with Gasteiger partial charge in [-0.25, -0.2) is 4.39 Å². The van der Waals surface area contributed by atoms with Crippen LogP contribution in [0.2, 0.25) is 0 Å². The zero-order chi connectivity index (χ0) is 9.97. The third-order valence-corrected chi connectivity index (χ3v) is 2.12. The van der Waals surface area contributed by atoms with Crippen molar-refractivity contribution < 1.29 is 9.18 Å². The smallest absolute Gasteiger partial charge is 0.230 e. The van der Waals surface area contributed by atoms with Crippen molar-refractivity contribution in [3.05, 3.63) is 24.3 Å². The summed E-state index contributed by atoms with van der Waals surface area (Å²) in [7, 11) is 0. The molecule has 1 fully saturated rings. The number of nitrogens with one attached hydrogen (secondary N) is 2. The summed E-state index contributed by atoms with van der Waals surface area (Å²) in [6, 6.07) is 1.25. The molecule has 1 aliphatic heterocycles. The molecule has 1 aromatic rings. The first-order valence-corrected chi connectivity index (χ1v) is 4.38. The molecule has 0 bridgehead atoms. The van der Waals surface area contributed by atoms with E-state index < -0.39 is 5.82 Å². The Kier molecular flexibility index (Phi) is 2.41. The largest absolute Gasteiger partial charge is 0.324 e. The molecular formula is C9H10FN3O. The van der Waals surface area contributed by atoms with Crippen LogP contribution >= 0.6 is 0 Å². The standard InChI is InChI=1S/C9H10FN3O/c10-7-1-8(5-12-4-7)13-9(14)6-2-11-3-6/h1,4-6,11H,2-3H2,(H,13,14). The van der Waals surface area contributed by atoms with Gasteiger partial charge in [-0.1, -0.05) is 0 Å². The summed E-state index contributed by atoms with van der Waals surface area (Å²) >= 11 is 0. The van der Waals surface area contributed by atoms with Gasteiger partial charge in [0.15, 0.2) is 0 Å². The molecule has 0 unspecified atom stereocenters. The zero-order valence-corrected chi connectivity index (χ0v) is 7.46. The van der Waals surface area contributed by atoms with Gasteiger partial charge in [0.05, 0.1) is 24.0 Å². The lowest BCUT2D eigenvalue weighted by molar-refractivity contribution is -0.121. The van der Waals surface area contributed by atoms with E-state index in [1.807, 2.05) is 0 Å². The Morgan fingerprint density at radius 2 is 2.36 bits per heavy atom. The van der Waals surface area contributed by atoms with Crippen LogP contribution in [0.5, 0.6) is 0 Å². The van der Waals surface area contributed by atoms with Crippen LogP contribution < -0.4 is 10.6 Å². The normalized spacial score (nSPS) is 16.1. The number of anilines is 1. The van der Waals surface area contributed by atoms with E-state index in [0.29, 0.717) is 18.8 Å². The van der Waals surface area contributed by atoms with Crippen molar-refractivity contribution in [1.29, 1.82) is 0 Å². The van der Waals surface area contributed by atoms with Gasteiger partial charge in [-0.05, 0) is 0 Å². The Morgan fingerprint density at radius 3 is 2.93 bits per heavy atom. The van der Waals surface area contributed by atoms with Gasteiger partial charge in [0.1, 0.15) is 5.82 Å². The first kappa shape index (κ1) is 9.08. The van der Waals surface area contributed by atoms with E-state index in [2.05, 4.69) is 15.6 Å². The number of halogens is 1. The van der Waals surface area contributed by atoms with E-state index in [0.717, 1.165) is 6.20 Å². The maximum absolute atomic E-state index is 12.7. The fourth-order valence-corrected chi connectivity index (χ4v) is 1.20. The van der Waals surface area contributed by atoms with Gasteiger partial charge < -0.3 is 10.6 Å². The molecule has 1 aliphatic rings. The fraction of sp³-hybridized carbons (Fsp3) is 0.333. The van der Waals surface area contributed by atoms with Gasteiger partial charge in [-0.15, -0.1) is 0 Å². The number of amides is 1. The van der Waals surface area contributed by atoms with Crippen LogP contribution in [0.25, 0.3) is 0 Å². The molecule has 4 nitrogen and oxygen atoms in total. The van der Waals surface area contributed by atoms with Crippen molar-refractivity contribution >= 4 is 11.6 Å². The molecule has 74 valence electrons. The maximum Gasteiger partial charge on any atom is 0.230 e. The van der Waals surface area contributed by atoms with Gasteiger partial charge >= 0.3 is 0 Å². The average molecular weight is 195 g/mol. The summed E-state index contributed by atoms with van der Waals surface area (Å²) in [4.78, 5) is 15.0. The van der Waals surface area contributed by atoms with Gasteiger partial charge in [0.25, 0.3) is 0 Å². The highest BCUT2D eigenvalue weighted by Gasteiger charge is 2.24. The Hall–Kier alpha value is -1.49. The predicted octanol–water partition coefficient (Wildman–Crippen LogP) is 0.379. The van der Waals surface area contributed by atoms with E-state index in [9.17, 15) is 9.18 Å². The van der Waals surface area contributed by atoms with E-state index in [4.69, 9.17) is 0 Å². The lowest BCUT2D eigenvalue weighted by Crippen LogP contribution is -2.48. The summed E-state index contributed by atoms with van der Waals surface area (Å²) in [5, 5.41) is 5.59. The van der Waals surface area contributed by atoms with Gasteiger partial charge in [0.2, 0.25) is 5.91 Å². The Labute approximate surface area is 80.5 Å². The van der Waals surface area contributed by atoms with Crippen LogP contribution in [0.15, 0.2) is 18.5 Å². The quantitative estimate of drug-likeness (QED) is 0.717. The lowest BCUT2D eigenvalue weighted by Gasteiger charge is -2.25. The van der Waals surface area contributed by atoms with Crippen molar-refractivity contribution in [3.8, 4) is 0 Å². The van der Waals surface area contributed by atoms with E-state index in [1.165, 1.54) is 12.3 Å². The molecular weight excluding hydrogens is 185 g/mol. The average Bonchev–Trinajstić information content (AvgIpc) is 1.99. The number of nitrogens with zero attached hydrogens (tertiary/aromatic N) is 1. The predicted molar refractivity (Wildman–Crippen MR) is 49.2 cm³/mol. The highest BCUT2D eigenvalue weighted by atomic mass is 19.1.